The van der Waals surface area contributed by atoms with Gasteiger partial charge in [-0.3, -0.25) is 9.59 Å². The molecule has 3 aromatic rings. The van der Waals surface area contributed by atoms with Crippen molar-refractivity contribution in [3.63, 3.8) is 0 Å². The van der Waals surface area contributed by atoms with E-state index in [0.717, 1.165) is 5.56 Å². The zero-order chi connectivity index (χ0) is 30.5. The molecule has 3 rings (SSSR count). The molecule has 1 heterocycles. The van der Waals surface area contributed by atoms with E-state index in [-0.39, 0.29) is 42.2 Å². The second-order valence-corrected chi connectivity index (χ2v) is 11.5. The second-order valence-electron chi connectivity index (χ2n) is 11.5. The van der Waals surface area contributed by atoms with Crippen LogP contribution in [-0.2, 0) is 25.6 Å². The number of fused-ring (bicyclic) bond motifs is 1. The summed E-state index contributed by atoms with van der Waals surface area (Å²) in [5.41, 5.74) is 11.5. The van der Waals surface area contributed by atoms with Crippen molar-refractivity contribution in [3.8, 4) is 0 Å². The molecule has 1 atom stereocenters. The molecule has 2 aromatic carbocycles. The Labute approximate surface area is 238 Å². The summed E-state index contributed by atoms with van der Waals surface area (Å²) >= 11 is 0. The van der Waals surface area contributed by atoms with Gasteiger partial charge < -0.3 is 31.6 Å². The standard InChI is InChI=1S/C29H37FN6O5/c1-28(2,3)40-21(37)14-13-20(26(39)41-29(4,5)6)34-25(38)17-9-7-16(8-10-17)15-33-19-12-11-18-22(23(19)30)24(31)36-27(32)35-18/h7-12,20,33H,13-15H2,1-6H3,(H,34,38)(H4,31,32,35,36)/t20-/m0/s1. The first-order valence-electron chi connectivity index (χ1n) is 13.1. The zero-order valence-electron chi connectivity index (χ0n) is 24.1. The van der Waals surface area contributed by atoms with Crippen molar-refractivity contribution in [2.45, 2.75) is 78.2 Å². The summed E-state index contributed by atoms with van der Waals surface area (Å²) < 4.78 is 25.8. The van der Waals surface area contributed by atoms with Gasteiger partial charge in [-0.15, -0.1) is 0 Å². The molecule has 0 saturated heterocycles. The van der Waals surface area contributed by atoms with Crippen molar-refractivity contribution in [3.05, 3.63) is 53.3 Å². The normalized spacial score (nSPS) is 12.5. The molecule has 12 heteroatoms. The van der Waals surface area contributed by atoms with E-state index in [1.54, 1.807) is 71.9 Å². The molecule has 11 nitrogen and oxygen atoms in total. The minimum Gasteiger partial charge on any atom is -0.460 e. The number of ether oxygens (including phenoxy) is 2. The lowest BCUT2D eigenvalue weighted by Gasteiger charge is -2.25. The molecular weight excluding hydrogens is 531 g/mol. The lowest BCUT2D eigenvalue weighted by atomic mass is 10.1. The first-order chi connectivity index (χ1) is 19.0. The summed E-state index contributed by atoms with van der Waals surface area (Å²) in [5, 5.41) is 5.74. The number of esters is 2. The fourth-order valence-corrected chi connectivity index (χ4v) is 3.86. The van der Waals surface area contributed by atoms with E-state index < -0.39 is 40.9 Å². The molecule has 220 valence electrons. The fourth-order valence-electron chi connectivity index (χ4n) is 3.86. The second kappa shape index (κ2) is 12.4. The van der Waals surface area contributed by atoms with Crippen LogP contribution < -0.4 is 22.1 Å². The average molecular weight is 569 g/mol. The molecule has 6 N–H and O–H groups in total. The molecule has 1 amide bonds. The number of benzene rings is 2. The van der Waals surface area contributed by atoms with E-state index >= 15 is 4.39 Å². The zero-order valence-corrected chi connectivity index (χ0v) is 24.1. The summed E-state index contributed by atoms with van der Waals surface area (Å²) in [6, 6.07) is 8.62. The van der Waals surface area contributed by atoms with Crippen molar-refractivity contribution in [2.24, 2.45) is 0 Å². The van der Waals surface area contributed by atoms with E-state index in [1.807, 2.05) is 0 Å². The van der Waals surface area contributed by atoms with Gasteiger partial charge in [0, 0.05) is 18.5 Å². The third-order valence-electron chi connectivity index (χ3n) is 5.60. The van der Waals surface area contributed by atoms with Crippen LogP contribution in [0.25, 0.3) is 10.9 Å². The van der Waals surface area contributed by atoms with Gasteiger partial charge in [0.1, 0.15) is 23.1 Å². The number of hydrogen-bond donors (Lipinski definition) is 4. The first kappa shape index (κ1) is 31.1. The van der Waals surface area contributed by atoms with Gasteiger partial charge in [-0.2, -0.15) is 4.98 Å². The number of nitrogens with one attached hydrogen (secondary N) is 2. The van der Waals surface area contributed by atoms with Crippen LogP contribution in [0.1, 0.15) is 70.3 Å². The van der Waals surface area contributed by atoms with E-state index in [2.05, 4.69) is 20.6 Å². The molecule has 0 bridgehead atoms. The molecule has 0 saturated carbocycles. The smallest absolute Gasteiger partial charge is 0.329 e. The maximum Gasteiger partial charge on any atom is 0.329 e. The Balaban J connectivity index is 1.67. The highest BCUT2D eigenvalue weighted by Crippen LogP contribution is 2.28. The Kier molecular flexibility index (Phi) is 9.36. The number of carbonyl (C=O) groups is 3. The lowest BCUT2D eigenvalue weighted by Crippen LogP contribution is -2.44. The number of nitrogens with two attached hydrogens (primary N) is 2. The largest absolute Gasteiger partial charge is 0.460 e. The predicted molar refractivity (Wildman–Crippen MR) is 154 cm³/mol. The molecule has 0 spiro atoms. The number of rotatable bonds is 9. The van der Waals surface area contributed by atoms with Gasteiger partial charge >= 0.3 is 11.9 Å². The molecule has 1 aromatic heterocycles. The summed E-state index contributed by atoms with van der Waals surface area (Å²) in [5.74, 6) is -2.35. The third-order valence-corrected chi connectivity index (χ3v) is 5.60. The van der Waals surface area contributed by atoms with Gasteiger partial charge in [-0.25, -0.2) is 14.2 Å². The van der Waals surface area contributed by atoms with Gasteiger partial charge in [-0.05, 0) is 77.8 Å². The Hall–Kier alpha value is -4.48. The molecule has 0 fully saturated rings. The first-order valence-corrected chi connectivity index (χ1v) is 13.1. The third kappa shape index (κ3) is 9.02. The Bertz CT molecular complexity index is 1430. The Morgan fingerprint density at radius 3 is 2.17 bits per heavy atom. The SMILES string of the molecule is CC(C)(C)OC(=O)CC[C@H](NC(=O)c1ccc(CNc2ccc3nc(N)nc(N)c3c2F)cc1)C(=O)OC(C)(C)C. The van der Waals surface area contributed by atoms with Crippen LogP contribution in [0.15, 0.2) is 36.4 Å². The summed E-state index contributed by atoms with van der Waals surface area (Å²) in [4.78, 5) is 45.8. The van der Waals surface area contributed by atoms with Crippen LogP contribution in [0.5, 0.6) is 0 Å². The minimum absolute atomic E-state index is 0.0110. The van der Waals surface area contributed by atoms with Gasteiger partial charge in [0.25, 0.3) is 5.91 Å². The average Bonchev–Trinajstić information content (AvgIpc) is 2.83. The van der Waals surface area contributed by atoms with Crippen molar-refractivity contribution in [1.82, 2.24) is 15.3 Å². The van der Waals surface area contributed by atoms with Crippen LogP contribution in [0.2, 0.25) is 0 Å². The van der Waals surface area contributed by atoms with Gasteiger partial charge in [0.05, 0.1) is 16.6 Å². The summed E-state index contributed by atoms with van der Waals surface area (Å²) in [6.45, 7) is 10.6. The molecule has 0 aliphatic heterocycles. The summed E-state index contributed by atoms with van der Waals surface area (Å²) in [7, 11) is 0. The van der Waals surface area contributed by atoms with E-state index in [4.69, 9.17) is 20.9 Å². The van der Waals surface area contributed by atoms with Crippen molar-refractivity contribution < 1.29 is 28.2 Å². The van der Waals surface area contributed by atoms with Crippen molar-refractivity contribution >= 4 is 46.2 Å². The molecule has 0 radical (unpaired) electrons. The number of halogens is 1. The highest BCUT2D eigenvalue weighted by molar-refractivity contribution is 5.97. The summed E-state index contributed by atoms with van der Waals surface area (Å²) in [6.07, 6.45) is -0.0698. The van der Waals surface area contributed by atoms with Crippen LogP contribution >= 0.6 is 0 Å². The number of nitrogens with zero attached hydrogens (tertiary/aromatic N) is 2. The highest BCUT2D eigenvalue weighted by atomic mass is 19.1. The quantitative estimate of drug-likeness (QED) is 0.275. The highest BCUT2D eigenvalue weighted by Gasteiger charge is 2.28. The maximum absolute atomic E-state index is 15.0. The lowest BCUT2D eigenvalue weighted by molar-refractivity contribution is -0.158. The molecule has 0 aliphatic rings. The molecule has 41 heavy (non-hydrogen) atoms. The molecular formula is C29H37FN6O5. The van der Waals surface area contributed by atoms with Gasteiger partial charge in [-0.1, -0.05) is 12.1 Å². The molecule has 0 aliphatic carbocycles. The van der Waals surface area contributed by atoms with Crippen LogP contribution in [-0.4, -0.2) is 45.1 Å². The monoisotopic (exact) mass is 568 g/mol. The number of nitrogen functional groups attached to an aromatic ring is 2. The predicted octanol–water partition coefficient (Wildman–Crippen LogP) is 4.11. The van der Waals surface area contributed by atoms with E-state index in [1.165, 1.54) is 6.07 Å². The minimum atomic E-state index is -1.06. The number of amides is 1. The maximum atomic E-state index is 15.0. The van der Waals surface area contributed by atoms with Gasteiger partial charge in [0.2, 0.25) is 5.95 Å². The number of carbonyl (C=O) groups excluding carboxylic acids is 3. The van der Waals surface area contributed by atoms with Crippen LogP contribution in [0.4, 0.5) is 21.8 Å². The van der Waals surface area contributed by atoms with Crippen molar-refractivity contribution in [1.29, 1.82) is 0 Å². The Morgan fingerprint density at radius 2 is 1.56 bits per heavy atom. The van der Waals surface area contributed by atoms with E-state index in [0.29, 0.717) is 11.1 Å². The van der Waals surface area contributed by atoms with Crippen LogP contribution in [0, 0.1) is 5.82 Å². The number of hydrogen-bond acceptors (Lipinski definition) is 10. The fraction of sp³-hybridized carbons (Fsp3) is 0.414. The van der Waals surface area contributed by atoms with Crippen molar-refractivity contribution in [2.75, 3.05) is 16.8 Å². The van der Waals surface area contributed by atoms with E-state index in [9.17, 15) is 14.4 Å². The number of aromatic nitrogens is 2. The topological polar surface area (TPSA) is 172 Å². The Morgan fingerprint density at radius 1 is 0.927 bits per heavy atom. The molecule has 0 unspecified atom stereocenters. The number of anilines is 3. The van der Waals surface area contributed by atoms with Crippen LogP contribution in [0.3, 0.4) is 0 Å². The van der Waals surface area contributed by atoms with Gasteiger partial charge in [0.15, 0.2) is 5.82 Å².